The second-order valence-corrected chi connectivity index (χ2v) is 5.17. The van der Waals surface area contributed by atoms with Gasteiger partial charge >= 0.3 is 0 Å². The van der Waals surface area contributed by atoms with Gasteiger partial charge in [0.25, 0.3) is 5.91 Å². The summed E-state index contributed by atoms with van der Waals surface area (Å²) in [5.41, 5.74) is 1.18. The van der Waals surface area contributed by atoms with Crippen LogP contribution in [0.4, 0.5) is 0 Å². The molecule has 0 bridgehead atoms. The van der Waals surface area contributed by atoms with Gasteiger partial charge in [0, 0.05) is 25.2 Å². The molecule has 1 N–H and O–H groups in total. The summed E-state index contributed by atoms with van der Waals surface area (Å²) in [6, 6.07) is 8.30. The lowest BCUT2D eigenvalue weighted by Gasteiger charge is -2.38. The van der Waals surface area contributed by atoms with Crippen molar-refractivity contribution in [3.05, 3.63) is 29.8 Å². The minimum atomic E-state index is 0.0569. The lowest BCUT2D eigenvalue weighted by Crippen LogP contribution is -2.58. The summed E-state index contributed by atoms with van der Waals surface area (Å²) in [5.74, 6) is 0.802. The minimum absolute atomic E-state index is 0.0569. The van der Waals surface area contributed by atoms with E-state index in [0.29, 0.717) is 6.04 Å². The molecule has 0 aromatic heterocycles. The molecule has 19 heavy (non-hydrogen) atoms. The topological polar surface area (TPSA) is 41.6 Å². The fourth-order valence-corrected chi connectivity index (χ4v) is 2.27. The number of nitrogens with one attached hydrogen (secondary N) is 1. The number of nitrogens with zero attached hydrogens (tertiary/aromatic N) is 1. The first-order chi connectivity index (χ1) is 9.08. The van der Waals surface area contributed by atoms with Crippen LogP contribution < -0.4 is 10.1 Å². The number of benzene rings is 1. The number of hydrogen-bond acceptors (Lipinski definition) is 3. The van der Waals surface area contributed by atoms with Crippen molar-refractivity contribution >= 4 is 5.91 Å². The van der Waals surface area contributed by atoms with Gasteiger partial charge in [0.15, 0.2) is 6.61 Å². The minimum Gasteiger partial charge on any atom is -0.484 e. The molecule has 0 spiro atoms. The third kappa shape index (κ3) is 3.47. The van der Waals surface area contributed by atoms with Crippen LogP contribution in [0.1, 0.15) is 19.4 Å². The Hall–Kier alpha value is -1.55. The van der Waals surface area contributed by atoms with Crippen LogP contribution in [0.25, 0.3) is 0 Å². The summed E-state index contributed by atoms with van der Waals surface area (Å²) in [7, 11) is 0. The highest BCUT2D eigenvalue weighted by Gasteiger charge is 2.27. The number of ether oxygens (including phenoxy) is 1. The molecule has 1 aliphatic rings. The molecule has 2 rings (SSSR count). The molecule has 2 atom stereocenters. The molecule has 104 valence electrons. The van der Waals surface area contributed by atoms with E-state index >= 15 is 0 Å². The number of hydrogen-bond donors (Lipinski definition) is 1. The standard InChI is InChI=1S/C15H22N2O2/c1-11-4-6-14(7-5-11)19-10-15(18)17-9-8-16-12(2)13(17)3/h4-7,12-13,16H,8-10H2,1-3H3. The van der Waals surface area contributed by atoms with E-state index in [1.807, 2.05) is 36.1 Å². The zero-order chi connectivity index (χ0) is 13.8. The van der Waals surface area contributed by atoms with Crippen molar-refractivity contribution in [3.63, 3.8) is 0 Å². The SMILES string of the molecule is Cc1ccc(OCC(=O)N2CCNC(C)C2C)cc1. The monoisotopic (exact) mass is 262 g/mol. The van der Waals surface area contributed by atoms with E-state index in [4.69, 9.17) is 4.74 Å². The summed E-state index contributed by atoms with van der Waals surface area (Å²) >= 11 is 0. The summed E-state index contributed by atoms with van der Waals surface area (Å²) in [5, 5.41) is 3.36. The molecule has 1 aliphatic heterocycles. The van der Waals surface area contributed by atoms with Crippen LogP contribution in [0, 0.1) is 6.92 Å². The fourth-order valence-electron chi connectivity index (χ4n) is 2.27. The molecular weight excluding hydrogens is 240 g/mol. The molecule has 1 heterocycles. The van der Waals surface area contributed by atoms with E-state index in [1.165, 1.54) is 5.56 Å². The highest BCUT2D eigenvalue weighted by atomic mass is 16.5. The predicted octanol–water partition coefficient (Wildman–Crippen LogP) is 1.58. The Bertz CT molecular complexity index is 430. The van der Waals surface area contributed by atoms with Gasteiger partial charge < -0.3 is 15.0 Å². The number of carbonyl (C=O) groups excluding carboxylic acids is 1. The summed E-state index contributed by atoms with van der Waals surface area (Å²) < 4.78 is 5.55. The molecule has 1 aromatic rings. The van der Waals surface area contributed by atoms with Crippen molar-refractivity contribution < 1.29 is 9.53 Å². The molecule has 1 saturated heterocycles. The van der Waals surface area contributed by atoms with Gasteiger partial charge in [-0.15, -0.1) is 0 Å². The zero-order valence-corrected chi connectivity index (χ0v) is 11.8. The van der Waals surface area contributed by atoms with Gasteiger partial charge in [0.2, 0.25) is 0 Å². The Morgan fingerprint density at radius 3 is 2.74 bits per heavy atom. The third-order valence-electron chi connectivity index (χ3n) is 3.74. The largest absolute Gasteiger partial charge is 0.484 e. The molecule has 1 fully saturated rings. The highest BCUT2D eigenvalue weighted by molar-refractivity contribution is 5.78. The molecule has 1 aromatic carbocycles. The number of piperazine rings is 1. The Morgan fingerprint density at radius 2 is 2.05 bits per heavy atom. The normalized spacial score (nSPS) is 23.2. The first-order valence-electron chi connectivity index (χ1n) is 6.80. The van der Waals surface area contributed by atoms with Gasteiger partial charge in [-0.3, -0.25) is 4.79 Å². The van der Waals surface area contributed by atoms with Crippen molar-refractivity contribution in [2.24, 2.45) is 0 Å². The van der Waals surface area contributed by atoms with Crippen molar-refractivity contribution in [1.82, 2.24) is 10.2 Å². The number of aryl methyl sites for hydroxylation is 1. The van der Waals surface area contributed by atoms with Crippen molar-refractivity contribution in [2.45, 2.75) is 32.9 Å². The highest BCUT2D eigenvalue weighted by Crippen LogP contribution is 2.13. The Balaban J connectivity index is 1.88. The second kappa shape index (κ2) is 6.06. The lowest BCUT2D eigenvalue weighted by molar-refractivity contribution is -0.137. The summed E-state index contributed by atoms with van der Waals surface area (Å²) in [6.45, 7) is 7.91. The van der Waals surface area contributed by atoms with Gasteiger partial charge in [0.05, 0.1) is 0 Å². The molecule has 0 saturated carbocycles. The average Bonchev–Trinajstić information content (AvgIpc) is 2.41. The number of amides is 1. The van der Waals surface area contributed by atoms with Crippen LogP contribution in [-0.2, 0) is 4.79 Å². The predicted molar refractivity (Wildman–Crippen MR) is 75.3 cm³/mol. The first-order valence-corrected chi connectivity index (χ1v) is 6.80. The van der Waals surface area contributed by atoms with Gasteiger partial charge in [-0.05, 0) is 32.9 Å². The van der Waals surface area contributed by atoms with Crippen LogP contribution in [0.5, 0.6) is 5.75 Å². The Morgan fingerprint density at radius 1 is 1.37 bits per heavy atom. The molecule has 4 heteroatoms. The van der Waals surface area contributed by atoms with E-state index in [1.54, 1.807) is 0 Å². The summed E-state index contributed by atoms with van der Waals surface area (Å²) in [4.78, 5) is 14.1. The van der Waals surface area contributed by atoms with E-state index in [2.05, 4.69) is 19.2 Å². The van der Waals surface area contributed by atoms with E-state index in [-0.39, 0.29) is 18.6 Å². The average molecular weight is 262 g/mol. The van der Waals surface area contributed by atoms with Crippen molar-refractivity contribution in [1.29, 1.82) is 0 Å². The van der Waals surface area contributed by atoms with Crippen molar-refractivity contribution in [3.8, 4) is 5.75 Å². The van der Waals surface area contributed by atoms with Crippen LogP contribution in [0.15, 0.2) is 24.3 Å². The molecular formula is C15H22N2O2. The Kier molecular flexibility index (Phi) is 4.43. The van der Waals surface area contributed by atoms with Crippen LogP contribution in [-0.4, -0.2) is 42.6 Å². The van der Waals surface area contributed by atoms with E-state index < -0.39 is 0 Å². The van der Waals surface area contributed by atoms with E-state index in [9.17, 15) is 4.79 Å². The maximum atomic E-state index is 12.2. The van der Waals surface area contributed by atoms with Gasteiger partial charge in [-0.1, -0.05) is 17.7 Å². The van der Waals surface area contributed by atoms with Crippen molar-refractivity contribution in [2.75, 3.05) is 19.7 Å². The second-order valence-electron chi connectivity index (χ2n) is 5.17. The fraction of sp³-hybridized carbons (Fsp3) is 0.533. The first kappa shape index (κ1) is 13.9. The zero-order valence-electron chi connectivity index (χ0n) is 11.8. The van der Waals surface area contributed by atoms with Gasteiger partial charge in [-0.2, -0.15) is 0 Å². The molecule has 0 radical (unpaired) electrons. The smallest absolute Gasteiger partial charge is 0.260 e. The number of carbonyl (C=O) groups is 1. The molecule has 0 aliphatic carbocycles. The maximum absolute atomic E-state index is 12.2. The third-order valence-corrected chi connectivity index (χ3v) is 3.74. The quantitative estimate of drug-likeness (QED) is 0.899. The summed E-state index contributed by atoms with van der Waals surface area (Å²) in [6.07, 6.45) is 0. The van der Waals surface area contributed by atoms with Gasteiger partial charge in [-0.25, -0.2) is 0 Å². The van der Waals surface area contributed by atoms with Crippen LogP contribution in [0.2, 0.25) is 0 Å². The van der Waals surface area contributed by atoms with E-state index in [0.717, 1.165) is 18.8 Å². The van der Waals surface area contributed by atoms with Crippen LogP contribution >= 0.6 is 0 Å². The molecule has 4 nitrogen and oxygen atoms in total. The van der Waals surface area contributed by atoms with Crippen LogP contribution in [0.3, 0.4) is 0 Å². The molecule has 1 amide bonds. The number of rotatable bonds is 3. The lowest BCUT2D eigenvalue weighted by atomic mass is 10.1. The van der Waals surface area contributed by atoms with Gasteiger partial charge in [0.1, 0.15) is 5.75 Å². The molecule has 2 unspecified atom stereocenters. The maximum Gasteiger partial charge on any atom is 0.260 e. The Labute approximate surface area is 114 Å².